The third-order valence-corrected chi connectivity index (χ3v) is 5.73. The molecule has 0 bridgehead atoms. The van der Waals surface area contributed by atoms with E-state index in [9.17, 15) is 27.6 Å². The van der Waals surface area contributed by atoms with Crippen LogP contribution >= 0.6 is 11.3 Å². The van der Waals surface area contributed by atoms with Crippen LogP contribution in [0.25, 0.3) is 0 Å². The second-order valence-corrected chi connectivity index (χ2v) is 7.99. The van der Waals surface area contributed by atoms with Crippen molar-refractivity contribution in [2.75, 3.05) is 44.6 Å². The molecular formula is C21H22F3N3O4S. The first kappa shape index (κ1) is 23.7. The molecule has 1 fully saturated rings. The van der Waals surface area contributed by atoms with Crippen LogP contribution < -0.4 is 5.32 Å². The number of ether oxygens (including phenoxy) is 1. The molecule has 0 radical (unpaired) electrons. The predicted octanol–water partition coefficient (Wildman–Crippen LogP) is 3.34. The zero-order valence-electron chi connectivity index (χ0n) is 17.3. The van der Waals surface area contributed by atoms with E-state index in [1.165, 1.54) is 23.5 Å². The van der Waals surface area contributed by atoms with Gasteiger partial charge in [-0.25, -0.2) is 4.79 Å². The van der Waals surface area contributed by atoms with E-state index >= 15 is 0 Å². The minimum atomic E-state index is -4.45. The van der Waals surface area contributed by atoms with Crippen LogP contribution in [0.15, 0.2) is 35.7 Å². The Morgan fingerprint density at radius 2 is 1.72 bits per heavy atom. The highest BCUT2D eigenvalue weighted by Crippen LogP contribution is 2.29. The highest BCUT2D eigenvalue weighted by Gasteiger charge is 2.31. The number of anilines is 1. The number of carbonyl (C=O) groups excluding carboxylic acids is 3. The molecule has 1 aromatic heterocycles. The van der Waals surface area contributed by atoms with Crippen molar-refractivity contribution in [1.82, 2.24) is 9.80 Å². The van der Waals surface area contributed by atoms with Crippen molar-refractivity contribution in [2.45, 2.75) is 13.1 Å². The first-order chi connectivity index (χ1) is 15.2. The average Bonchev–Trinajstić information content (AvgIpc) is 3.21. The first-order valence-corrected chi connectivity index (χ1v) is 10.8. The Labute approximate surface area is 186 Å². The van der Waals surface area contributed by atoms with Gasteiger partial charge in [0.15, 0.2) is 0 Å². The molecule has 1 saturated heterocycles. The summed E-state index contributed by atoms with van der Waals surface area (Å²) in [4.78, 5) is 40.3. The van der Waals surface area contributed by atoms with Gasteiger partial charge in [0.25, 0.3) is 5.91 Å². The number of esters is 1. The number of hydrogen-bond donors (Lipinski definition) is 1. The van der Waals surface area contributed by atoms with Crippen molar-refractivity contribution in [3.8, 4) is 0 Å². The van der Waals surface area contributed by atoms with Crippen LogP contribution in [0.2, 0.25) is 0 Å². The van der Waals surface area contributed by atoms with Crippen LogP contribution in [0.5, 0.6) is 0 Å². The van der Waals surface area contributed by atoms with Crippen LogP contribution in [-0.4, -0.2) is 66.9 Å². The maximum Gasteiger partial charge on any atom is 0.416 e. The van der Waals surface area contributed by atoms with Gasteiger partial charge in [0.05, 0.1) is 24.3 Å². The maximum absolute atomic E-state index is 12.7. The Balaban J connectivity index is 1.50. The van der Waals surface area contributed by atoms with E-state index in [1.807, 2.05) is 4.90 Å². The number of nitrogens with one attached hydrogen (secondary N) is 1. The summed E-state index contributed by atoms with van der Waals surface area (Å²) in [5, 5.41) is 4.83. The number of alkyl halides is 3. The van der Waals surface area contributed by atoms with Crippen molar-refractivity contribution in [3.63, 3.8) is 0 Å². The largest absolute Gasteiger partial charge is 0.462 e. The van der Waals surface area contributed by atoms with Crippen molar-refractivity contribution in [3.05, 3.63) is 52.4 Å². The lowest BCUT2D eigenvalue weighted by atomic mass is 10.1. The van der Waals surface area contributed by atoms with Crippen LogP contribution in [0.4, 0.5) is 18.2 Å². The van der Waals surface area contributed by atoms with E-state index in [0.29, 0.717) is 36.7 Å². The fourth-order valence-electron chi connectivity index (χ4n) is 3.24. The van der Waals surface area contributed by atoms with Gasteiger partial charge in [0.2, 0.25) is 5.91 Å². The zero-order chi connectivity index (χ0) is 23.3. The Kier molecular flexibility index (Phi) is 7.52. The summed E-state index contributed by atoms with van der Waals surface area (Å²) in [6, 6.07) is 5.72. The number of thiophene rings is 1. The van der Waals surface area contributed by atoms with Gasteiger partial charge in [-0.1, -0.05) is 0 Å². The molecule has 32 heavy (non-hydrogen) atoms. The molecule has 2 aromatic rings. The summed E-state index contributed by atoms with van der Waals surface area (Å²) in [7, 11) is 0. The quantitative estimate of drug-likeness (QED) is 0.657. The van der Waals surface area contributed by atoms with E-state index in [2.05, 4.69) is 5.32 Å². The third kappa shape index (κ3) is 5.86. The molecule has 7 nitrogen and oxygen atoms in total. The Hall–Kier alpha value is -2.92. The molecule has 3 rings (SSSR count). The summed E-state index contributed by atoms with van der Waals surface area (Å²) in [6.07, 6.45) is -4.45. The van der Waals surface area contributed by atoms with Crippen molar-refractivity contribution in [2.24, 2.45) is 0 Å². The van der Waals surface area contributed by atoms with Crippen LogP contribution in [0, 0.1) is 0 Å². The summed E-state index contributed by atoms with van der Waals surface area (Å²) in [6.45, 7) is 3.59. The predicted molar refractivity (Wildman–Crippen MR) is 113 cm³/mol. The normalized spacial score (nSPS) is 14.8. The van der Waals surface area contributed by atoms with Crippen molar-refractivity contribution >= 4 is 34.1 Å². The van der Waals surface area contributed by atoms with Crippen molar-refractivity contribution in [1.29, 1.82) is 0 Å². The molecule has 1 aromatic carbocycles. The standard InChI is InChI=1S/C21H22F3N3O4S/c1-2-31-20(30)16-7-12-32-18(16)25-17(28)13-26-8-10-27(11-9-26)19(29)14-3-5-15(6-4-14)21(22,23)24/h3-7,12H,2,8-11,13H2,1H3,(H,25,28). The number of piperazine rings is 1. The third-order valence-electron chi connectivity index (χ3n) is 4.90. The number of halogens is 3. The number of amides is 2. The molecule has 2 heterocycles. The summed E-state index contributed by atoms with van der Waals surface area (Å²) in [5.74, 6) is -1.14. The Bertz CT molecular complexity index is 967. The van der Waals surface area contributed by atoms with E-state index in [-0.39, 0.29) is 30.5 Å². The van der Waals surface area contributed by atoms with Gasteiger partial charge in [-0.2, -0.15) is 13.2 Å². The van der Waals surface area contributed by atoms with Crippen LogP contribution in [0.3, 0.4) is 0 Å². The molecule has 1 N–H and O–H groups in total. The van der Waals surface area contributed by atoms with E-state index < -0.39 is 17.7 Å². The average molecular weight is 469 g/mol. The molecule has 0 saturated carbocycles. The number of benzene rings is 1. The SMILES string of the molecule is CCOC(=O)c1ccsc1NC(=O)CN1CCN(C(=O)c2ccc(C(F)(F)F)cc2)CC1. The summed E-state index contributed by atoms with van der Waals surface area (Å²) < 4.78 is 43.0. The second-order valence-electron chi connectivity index (χ2n) is 7.08. The lowest BCUT2D eigenvalue weighted by molar-refractivity contribution is -0.137. The zero-order valence-corrected chi connectivity index (χ0v) is 18.1. The lowest BCUT2D eigenvalue weighted by Crippen LogP contribution is -2.50. The minimum Gasteiger partial charge on any atom is -0.462 e. The Morgan fingerprint density at radius 3 is 2.31 bits per heavy atom. The Morgan fingerprint density at radius 1 is 1.06 bits per heavy atom. The molecule has 11 heteroatoms. The van der Waals surface area contributed by atoms with Gasteiger partial charge < -0.3 is 15.0 Å². The highest BCUT2D eigenvalue weighted by atomic mass is 32.1. The summed E-state index contributed by atoms with van der Waals surface area (Å²) in [5.41, 5.74) is -0.313. The van der Waals surface area contributed by atoms with Gasteiger partial charge in [-0.05, 0) is 42.6 Å². The minimum absolute atomic E-state index is 0.0858. The fourth-order valence-corrected chi connectivity index (χ4v) is 4.03. The topological polar surface area (TPSA) is 79.0 Å². The van der Waals surface area contributed by atoms with Crippen LogP contribution in [-0.2, 0) is 15.7 Å². The highest BCUT2D eigenvalue weighted by molar-refractivity contribution is 7.14. The molecule has 1 aliphatic rings. The van der Waals surface area contributed by atoms with E-state index in [4.69, 9.17) is 4.74 Å². The number of hydrogen-bond acceptors (Lipinski definition) is 6. The van der Waals surface area contributed by atoms with E-state index in [0.717, 1.165) is 12.1 Å². The molecular weight excluding hydrogens is 447 g/mol. The lowest BCUT2D eigenvalue weighted by Gasteiger charge is -2.34. The summed E-state index contributed by atoms with van der Waals surface area (Å²) >= 11 is 1.22. The molecule has 1 aliphatic heterocycles. The molecule has 2 amide bonds. The van der Waals surface area contributed by atoms with Gasteiger partial charge in [-0.15, -0.1) is 11.3 Å². The molecule has 0 spiro atoms. The number of rotatable bonds is 6. The van der Waals surface area contributed by atoms with Gasteiger partial charge in [0, 0.05) is 31.7 Å². The smallest absolute Gasteiger partial charge is 0.416 e. The molecule has 0 aliphatic carbocycles. The maximum atomic E-state index is 12.7. The van der Waals surface area contributed by atoms with E-state index in [1.54, 1.807) is 23.3 Å². The molecule has 172 valence electrons. The van der Waals surface area contributed by atoms with Gasteiger partial charge in [-0.3, -0.25) is 14.5 Å². The monoisotopic (exact) mass is 469 g/mol. The van der Waals surface area contributed by atoms with Crippen LogP contribution in [0.1, 0.15) is 33.2 Å². The van der Waals surface area contributed by atoms with Gasteiger partial charge in [0.1, 0.15) is 5.00 Å². The second kappa shape index (κ2) is 10.1. The van der Waals surface area contributed by atoms with Gasteiger partial charge >= 0.3 is 12.1 Å². The molecule has 0 unspecified atom stereocenters. The number of nitrogens with zero attached hydrogens (tertiary/aromatic N) is 2. The van der Waals surface area contributed by atoms with Crippen molar-refractivity contribution < 1.29 is 32.3 Å². The first-order valence-electron chi connectivity index (χ1n) is 9.92. The fraction of sp³-hybridized carbons (Fsp3) is 0.381. The molecule has 0 atom stereocenters. The number of carbonyl (C=O) groups is 3.